The van der Waals surface area contributed by atoms with Crippen LogP contribution >= 0.6 is 11.8 Å². The van der Waals surface area contributed by atoms with E-state index in [1.54, 1.807) is 7.05 Å². The normalized spacial score (nSPS) is 11.7. The van der Waals surface area contributed by atoms with Gasteiger partial charge in [-0.2, -0.15) is 0 Å². The highest BCUT2D eigenvalue weighted by atomic mass is 32.2. The molecule has 100 valence electrons. The van der Waals surface area contributed by atoms with Crippen LogP contribution in [-0.2, 0) is 0 Å². The van der Waals surface area contributed by atoms with E-state index in [0.717, 1.165) is 24.8 Å². The van der Waals surface area contributed by atoms with Gasteiger partial charge in [0.15, 0.2) is 5.96 Å². The van der Waals surface area contributed by atoms with Gasteiger partial charge in [-0.05, 0) is 18.1 Å². The lowest BCUT2D eigenvalue weighted by molar-refractivity contribution is 0.616. The van der Waals surface area contributed by atoms with Gasteiger partial charge in [0.05, 0.1) is 0 Å². The SMILES string of the molecule is CN=C(NCCSc1ccccc1)NCC(C)C. The zero-order chi connectivity index (χ0) is 13.2. The van der Waals surface area contributed by atoms with Crippen molar-refractivity contribution >= 4 is 17.7 Å². The number of nitrogens with one attached hydrogen (secondary N) is 2. The minimum atomic E-state index is 0.627. The Morgan fingerprint density at radius 1 is 1.22 bits per heavy atom. The molecule has 0 spiro atoms. The molecule has 0 amide bonds. The van der Waals surface area contributed by atoms with E-state index in [9.17, 15) is 0 Å². The molecule has 0 aliphatic carbocycles. The van der Waals surface area contributed by atoms with E-state index in [1.807, 2.05) is 17.8 Å². The standard InChI is InChI=1S/C14H23N3S/c1-12(2)11-17-14(15-3)16-9-10-18-13-7-5-4-6-8-13/h4-8,12H,9-11H2,1-3H3,(H2,15,16,17). The van der Waals surface area contributed by atoms with Gasteiger partial charge in [-0.15, -0.1) is 11.8 Å². The number of benzene rings is 1. The van der Waals surface area contributed by atoms with E-state index in [2.05, 4.69) is 53.7 Å². The molecular formula is C14H23N3S. The Morgan fingerprint density at radius 2 is 1.94 bits per heavy atom. The molecule has 18 heavy (non-hydrogen) atoms. The first kappa shape index (κ1) is 14.9. The summed E-state index contributed by atoms with van der Waals surface area (Å²) in [6, 6.07) is 10.4. The highest BCUT2D eigenvalue weighted by molar-refractivity contribution is 7.99. The fourth-order valence-corrected chi connectivity index (χ4v) is 2.17. The number of hydrogen-bond donors (Lipinski definition) is 2. The molecule has 4 heteroatoms. The van der Waals surface area contributed by atoms with E-state index in [1.165, 1.54) is 4.90 Å². The van der Waals surface area contributed by atoms with Gasteiger partial charge in [-0.1, -0.05) is 32.0 Å². The smallest absolute Gasteiger partial charge is 0.191 e. The second-order valence-electron chi connectivity index (χ2n) is 4.44. The molecule has 0 saturated carbocycles. The van der Waals surface area contributed by atoms with Crippen molar-refractivity contribution in [1.29, 1.82) is 0 Å². The Balaban J connectivity index is 2.16. The molecule has 0 unspecified atom stereocenters. The van der Waals surface area contributed by atoms with E-state index >= 15 is 0 Å². The summed E-state index contributed by atoms with van der Waals surface area (Å²) in [6.07, 6.45) is 0. The van der Waals surface area contributed by atoms with Crippen LogP contribution in [0.15, 0.2) is 40.2 Å². The molecule has 0 aromatic heterocycles. The lowest BCUT2D eigenvalue weighted by atomic mass is 10.2. The number of hydrogen-bond acceptors (Lipinski definition) is 2. The Morgan fingerprint density at radius 3 is 2.56 bits per heavy atom. The van der Waals surface area contributed by atoms with Gasteiger partial charge < -0.3 is 10.6 Å². The summed E-state index contributed by atoms with van der Waals surface area (Å²) in [5.41, 5.74) is 0. The van der Waals surface area contributed by atoms with Gasteiger partial charge >= 0.3 is 0 Å². The summed E-state index contributed by atoms with van der Waals surface area (Å²) >= 11 is 1.85. The summed E-state index contributed by atoms with van der Waals surface area (Å²) in [5, 5.41) is 6.61. The Bertz CT molecular complexity index is 349. The molecular weight excluding hydrogens is 242 g/mol. The minimum Gasteiger partial charge on any atom is -0.356 e. The predicted molar refractivity (Wildman–Crippen MR) is 81.4 cm³/mol. The molecule has 3 nitrogen and oxygen atoms in total. The number of nitrogens with zero attached hydrogens (tertiary/aromatic N) is 1. The fourth-order valence-electron chi connectivity index (χ4n) is 1.38. The van der Waals surface area contributed by atoms with Crippen LogP contribution in [0.1, 0.15) is 13.8 Å². The fraction of sp³-hybridized carbons (Fsp3) is 0.500. The maximum atomic E-state index is 4.19. The van der Waals surface area contributed by atoms with Crippen LogP contribution in [0.25, 0.3) is 0 Å². The van der Waals surface area contributed by atoms with Crippen molar-refractivity contribution in [3.8, 4) is 0 Å². The lowest BCUT2D eigenvalue weighted by Crippen LogP contribution is -2.40. The highest BCUT2D eigenvalue weighted by Gasteiger charge is 1.98. The molecule has 0 bridgehead atoms. The van der Waals surface area contributed by atoms with Crippen molar-refractivity contribution in [2.75, 3.05) is 25.9 Å². The summed E-state index contributed by atoms with van der Waals surface area (Å²) in [7, 11) is 1.81. The van der Waals surface area contributed by atoms with Crippen molar-refractivity contribution in [1.82, 2.24) is 10.6 Å². The van der Waals surface area contributed by atoms with Crippen LogP contribution in [-0.4, -0.2) is 31.8 Å². The predicted octanol–water partition coefficient (Wildman–Crippen LogP) is 2.60. The van der Waals surface area contributed by atoms with Crippen LogP contribution in [0.4, 0.5) is 0 Å². The van der Waals surface area contributed by atoms with Gasteiger partial charge in [-0.3, -0.25) is 4.99 Å². The summed E-state index contributed by atoms with van der Waals surface area (Å²) in [6.45, 7) is 6.24. The van der Waals surface area contributed by atoms with Crippen LogP contribution in [0.3, 0.4) is 0 Å². The summed E-state index contributed by atoms with van der Waals surface area (Å²) in [5.74, 6) is 2.55. The zero-order valence-corrected chi connectivity index (χ0v) is 12.3. The van der Waals surface area contributed by atoms with E-state index in [0.29, 0.717) is 5.92 Å². The van der Waals surface area contributed by atoms with Crippen LogP contribution < -0.4 is 10.6 Å². The Hall–Kier alpha value is -1.16. The number of guanidine groups is 1. The van der Waals surface area contributed by atoms with Crippen molar-refractivity contribution in [3.05, 3.63) is 30.3 Å². The number of aliphatic imine (C=N–C) groups is 1. The number of thioether (sulfide) groups is 1. The van der Waals surface area contributed by atoms with Gasteiger partial charge in [0.2, 0.25) is 0 Å². The quantitative estimate of drug-likeness (QED) is 0.359. The van der Waals surface area contributed by atoms with Gasteiger partial charge in [0.1, 0.15) is 0 Å². The maximum absolute atomic E-state index is 4.19. The molecule has 1 aromatic rings. The molecule has 0 atom stereocenters. The van der Waals surface area contributed by atoms with Gasteiger partial charge in [-0.25, -0.2) is 0 Å². The maximum Gasteiger partial charge on any atom is 0.191 e. The average molecular weight is 265 g/mol. The first-order chi connectivity index (χ1) is 8.72. The summed E-state index contributed by atoms with van der Waals surface area (Å²) in [4.78, 5) is 5.50. The Labute approximate surface area is 114 Å². The van der Waals surface area contributed by atoms with Crippen molar-refractivity contribution in [3.63, 3.8) is 0 Å². The minimum absolute atomic E-state index is 0.627. The first-order valence-corrected chi connectivity index (χ1v) is 7.33. The van der Waals surface area contributed by atoms with Crippen molar-refractivity contribution < 1.29 is 0 Å². The lowest BCUT2D eigenvalue weighted by Gasteiger charge is -2.13. The molecule has 0 aliphatic heterocycles. The Kier molecular flexibility index (Phi) is 7.34. The zero-order valence-electron chi connectivity index (χ0n) is 11.4. The van der Waals surface area contributed by atoms with E-state index < -0.39 is 0 Å². The van der Waals surface area contributed by atoms with Gasteiger partial charge in [0, 0.05) is 30.8 Å². The third kappa shape index (κ3) is 6.55. The molecule has 0 heterocycles. The molecule has 0 saturated heterocycles. The monoisotopic (exact) mass is 265 g/mol. The first-order valence-electron chi connectivity index (χ1n) is 6.34. The molecule has 1 rings (SSSR count). The second kappa shape index (κ2) is 8.86. The van der Waals surface area contributed by atoms with E-state index in [4.69, 9.17) is 0 Å². The highest BCUT2D eigenvalue weighted by Crippen LogP contribution is 2.15. The molecule has 2 N–H and O–H groups in total. The molecule has 1 aromatic carbocycles. The molecule has 0 radical (unpaired) electrons. The van der Waals surface area contributed by atoms with Gasteiger partial charge in [0.25, 0.3) is 0 Å². The topological polar surface area (TPSA) is 36.4 Å². The second-order valence-corrected chi connectivity index (χ2v) is 5.60. The number of rotatable bonds is 6. The molecule has 0 fully saturated rings. The van der Waals surface area contributed by atoms with Crippen LogP contribution in [0, 0.1) is 5.92 Å². The largest absolute Gasteiger partial charge is 0.356 e. The van der Waals surface area contributed by atoms with Crippen LogP contribution in [0.2, 0.25) is 0 Å². The average Bonchev–Trinajstić information content (AvgIpc) is 2.39. The summed E-state index contributed by atoms with van der Waals surface area (Å²) < 4.78 is 0. The third-order valence-electron chi connectivity index (χ3n) is 2.31. The molecule has 0 aliphatic rings. The van der Waals surface area contributed by atoms with Crippen molar-refractivity contribution in [2.45, 2.75) is 18.7 Å². The van der Waals surface area contributed by atoms with Crippen LogP contribution in [0.5, 0.6) is 0 Å². The van der Waals surface area contributed by atoms with Crippen molar-refractivity contribution in [2.24, 2.45) is 10.9 Å². The third-order valence-corrected chi connectivity index (χ3v) is 3.32. The van der Waals surface area contributed by atoms with E-state index in [-0.39, 0.29) is 0 Å².